The van der Waals surface area contributed by atoms with E-state index in [4.69, 9.17) is 4.42 Å². The largest absolute Gasteiger partial charge is 0.452 e. The summed E-state index contributed by atoms with van der Waals surface area (Å²) in [5.74, 6) is 0.893. The Morgan fingerprint density at radius 2 is 1.87 bits per heavy atom. The van der Waals surface area contributed by atoms with Gasteiger partial charge in [0.05, 0.1) is 12.1 Å². The SMILES string of the molecule is O=Cc1ccc(-c2nn(Cc3ccncc3)c3ccccc23)o1. The second-order valence-corrected chi connectivity index (χ2v) is 5.20. The summed E-state index contributed by atoms with van der Waals surface area (Å²) in [7, 11) is 0. The van der Waals surface area contributed by atoms with Crippen LogP contribution < -0.4 is 0 Å². The molecule has 0 amide bonds. The van der Waals surface area contributed by atoms with Crippen LogP contribution in [0.15, 0.2) is 65.3 Å². The molecule has 3 aromatic heterocycles. The summed E-state index contributed by atoms with van der Waals surface area (Å²) in [4.78, 5) is 14.9. The van der Waals surface area contributed by atoms with Crippen LogP contribution in [0.25, 0.3) is 22.4 Å². The molecule has 0 spiro atoms. The zero-order valence-electron chi connectivity index (χ0n) is 12.2. The van der Waals surface area contributed by atoms with Crippen molar-refractivity contribution in [1.29, 1.82) is 0 Å². The minimum atomic E-state index is 0.299. The van der Waals surface area contributed by atoms with Crippen LogP contribution in [-0.4, -0.2) is 21.1 Å². The maximum atomic E-state index is 10.8. The van der Waals surface area contributed by atoms with Crippen molar-refractivity contribution in [1.82, 2.24) is 14.8 Å². The van der Waals surface area contributed by atoms with Crippen molar-refractivity contribution in [2.45, 2.75) is 6.54 Å². The predicted molar refractivity (Wildman–Crippen MR) is 86.2 cm³/mol. The summed E-state index contributed by atoms with van der Waals surface area (Å²) in [5.41, 5.74) is 2.87. The van der Waals surface area contributed by atoms with Crippen molar-refractivity contribution in [2.24, 2.45) is 0 Å². The number of hydrogen-bond acceptors (Lipinski definition) is 4. The van der Waals surface area contributed by atoms with Gasteiger partial charge in [-0.05, 0) is 35.9 Å². The average molecular weight is 303 g/mol. The van der Waals surface area contributed by atoms with Gasteiger partial charge >= 0.3 is 0 Å². The lowest BCUT2D eigenvalue weighted by Crippen LogP contribution is -2.01. The quantitative estimate of drug-likeness (QED) is 0.541. The number of rotatable bonds is 4. The van der Waals surface area contributed by atoms with Gasteiger partial charge in [0.25, 0.3) is 0 Å². The van der Waals surface area contributed by atoms with E-state index >= 15 is 0 Å². The highest BCUT2D eigenvalue weighted by Crippen LogP contribution is 2.29. The molecular weight excluding hydrogens is 290 g/mol. The van der Waals surface area contributed by atoms with E-state index < -0.39 is 0 Å². The third-order valence-electron chi connectivity index (χ3n) is 3.72. The second-order valence-electron chi connectivity index (χ2n) is 5.20. The molecule has 4 aromatic rings. The summed E-state index contributed by atoms with van der Waals surface area (Å²) in [5, 5.41) is 5.68. The Morgan fingerprint density at radius 3 is 2.65 bits per heavy atom. The zero-order valence-corrected chi connectivity index (χ0v) is 12.2. The van der Waals surface area contributed by atoms with Crippen molar-refractivity contribution < 1.29 is 9.21 Å². The van der Waals surface area contributed by atoms with Gasteiger partial charge in [-0.3, -0.25) is 14.5 Å². The maximum Gasteiger partial charge on any atom is 0.185 e. The van der Waals surface area contributed by atoms with Crippen LogP contribution in [0.5, 0.6) is 0 Å². The van der Waals surface area contributed by atoms with Crippen LogP contribution in [0, 0.1) is 0 Å². The fourth-order valence-electron chi connectivity index (χ4n) is 2.63. The molecule has 1 aromatic carbocycles. The lowest BCUT2D eigenvalue weighted by Gasteiger charge is -2.02. The van der Waals surface area contributed by atoms with Gasteiger partial charge in [0.1, 0.15) is 5.69 Å². The Balaban J connectivity index is 1.84. The first kappa shape index (κ1) is 13.5. The number of nitrogens with zero attached hydrogens (tertiary/aromatic N) is 3. The van der Waals surface area contributed by atoms with Gasteiger partial charge in [0.15, 0.2) is 17.8 Å². The van der Waals surface area contributed by atoms with Gasteiger partial charge in [-0.1, -0.05) is 18.2 Å². The Labute approximate surface area is 132 Å². The fourth-order valence-corrected chi connectivity index (χ4v) is 2.63. The first-order valence-corrected chi connectivity index (χ1v) is 7.25. The number of aldehydes is 1. The molecule has 3 heterocycles. The third-order valence-corrected chi connectivity index (χ3v) is 3.72. The molecule has 112 valence electrons. The molecule has 0 N–H and O–H groups in total. The molecule has 0 saturated heterocycles. The maximum absolute atomic E-state index is 10.8. The van der Waals surface area contributed by atoms with E-state index in [0.717, 1.165) is 22.2 Å². The first-order valence-electron chi connectivity index (χ1n) is 7.25. The molecule has 0 bridgehead atoms. The molecule has 23 heavy (non-hydrogen) atoms. The molecule has 5 heteroatoms. The number of pyridine rings is 1. The highest BCUT2D eigenvalue weighted by atomic mass is 16.3. The molecule has 0 aliphatic carbocycles. The summed E-state index contributed by atoms with van der Waals surface area (Å²) in [6.07, 6.45) is 4.23. The van der Waals surface area contributed by atoms with Crippen LogP contribution in [-0.2, 0) is 6.54 Å². The smallest absolute Gasteiger partial charge is 0.185 e. The van der Waals surface area contributed by atoms with Gasteiger partial charge in [-0.2, -0.15) is 5.10 Å². The number of hydrogen-bond donors (Lipinski definition) is 0. The predicted octanol–water partition coefficient (Wildman–Crippen LogP) is 3.55. The third kappa shape index (κ3) is 2.42. The number of fused-ring (bicyclic) bond motifs is 1. The standard InChI is InChI=1S/C18H13N3O2/c22-12-14-5-6-17(23-14)18-15-3-1-2-4-16(15)21(20-18)11-13-7-9-19-10-8-13/h1-10,12H,11H2. The van der Waals surface area contributed by atoms with Crippen molar-refractivity contribution in [3.8, 4) is 11.5 Å². The molecule has 5 nitrogen and oxygen atoms in total. The monoisotopic (exact) mass is 303 g/mol. The van der Waals surface area contributed by atoms with E-state index in [0.29, 0.717) is 24.4 Å². The van der Waals surface area contributed by atoms with E-state index in [1.165, 1.54) is 0 Å². The number of carbonyl (C=O) groups is 1. The number of aromatic nitrogens is 3. The first-order chi connectivity index (χ1) is 11.3. The molecule has 4 rings (SSSR count). The Kier molecular flexibility index (Phi) is 3.24. The lowest BCUT2D eigenvalue weighted by atomic mass is 10.2. The zero-order chi connectivity index (χ0) is 15.6. The number of para-hydroxylation sites is 1. The van der Waals surface area contributed by atoms with Gasteiger partial charge in [-0.25, -0.2) is 0 Å². The molecule has 0 atom stereocenters. The van der Waals surface area contributed by atoms with Crippen LogP contribution in [0.2, 0.25) is 0 Å². The van der Waals surface area contributed by atoms with Crippen molar-refractivity contribution >= 4 is 17.2 Å². The van der Waals surface area contributed by atoms with Gasteiger partial charge < -0.3 is 4.42 Å². The Morgan fingerprint density at radius 1 is 1.04 bits per heavy atom. The minimum Gasteiger partial charge on any atom is -0.452 e. The minimum absolute atomic E-state index is 0.299. The molecule has 0 unspecified atom stereocenters. The van der Waals surface area contributed by atoms with Crippen LogP contribution >= 0.6 is 0 Å². The van der Waals surface area contributed by atoms with Gasteiger partial charge in [0.2, 0.25) is 0 Å². The summed E-state index contributed by atoms with van der Waals surface area (Å²) in [6.45, 7) is 0.643. The molecule has 0 saturated carbocycles. The Hall–Kier alpha value is -3.21. The normalized spacial score (nSPS) is 11.0. The number of furan rings is 1. The van der Waals surface area contributed by atoms with Crippen molar-refractivity contribution in [2.75, 3.05) is 0 Å². The van der Waals surface area contributed by atoms with E-state index in [-0.39, 0.29) is 0 Å². The Bertz CT molecular complexity index is 970. The molecule has 0 aliphatic rings. The summed E-state index contributed by atoms with van der Waals surface area (Å²) in [6, 6.07) is 15.3. The second kappa shape index (κ2) is 5.53. The summed E-state index contributed by atoms with van der Waals surface area (Å²) < 4.78 is 7.47. The molecule has 0 radical (unpaired) electrons. The molecule has 0 fully saturated rings. The van der Waals surface area contributed by atoms with E-state index in [1.807, 2.05) is 41.1 Å². The summed E-state index contributed by atoms with van der Waals surface area (Å²) >= 11 is 0. The van der Waals surface area contributed by atoms with E-state index in [1.54, 1.807) is 24.5 Å². The topological polar surface area (TPSA) is 60.9 Å². The average Bonchev–Trinajstić information content (AvgIpc) is 3.21. The number of carbonyl (C=O) groups excluding carboxylic acids is 1. The van der Waals surface area contributed by atoms with Crippen LogP contribution in [0.3, 0.4) is 0 Å². The molecule has 0 aliphatic heterocycles. The van der Waals surface area contributed by atoms with E-state index in [9.17, 15) is 4.79 Å². The highest BCUT2D eigenvalue weighted by molar-refractivity contribution is 5.92. The number of benzene rings is 1. The van der Waals surface area contributed by atoms with Gasteiger partial charge in [0, 0.05) is 17.8 Å². The van der Waals surface area contributed by atoms with E-state index in [2.05, 4.69) is 10.1 Å². The van der Waals surface area contributed by atoms with Gasteiger partial charge in [-0.15, -0.1) is 0 Å². The lowest BCUT2D eigenvalue weighted by molar-refractivity contribution is 0.110. The molecular formula is C18H13N3O2. The van der Waals surface area contributed by atoms with Crippen LogP contribution in [0.1, 0.15) is 16.1 Å². The van der Waals surface area contributed by atoms with Crippen LogP contribution in [0.4, 0.5) is 0 Å². The highest BCUT2D eigenvalue weighted by Gasteiger charge is 2.15. The fraction of sp³-hybridized carbons (Fsp3) is 0.0556. The van der Waals surface area contributed by atoms with Crippen molar-refractivity contribution in [3.05, 3.63) is 72.2 Å². The van der Waals surface area contributed by atoms with Crippen molar-refractivity contribution in [3.63, 3.8) is 0 Å².